The highest BCUT2D eigenvalue weighted by Crippen LogP contribution is 2.43. The second kappa shape index (κ2) is 17.1. The molecule has 0 spiro atoms. The van der Waals surface area contributed by atoms with E-state index in [1.807, 2.05) is 39.8 Å². The lowest BCUT2D eigenvalue weighted by Crippen LogP contribution is -1.90. The normalized spacial score (nSPS) is 10.8. The molecular weight excluding hydrogens is 713 g/mol. The first-order valence-corrected chi connectivity index (χ1v) is 20.7. The Balaban J connectivity index is 0.000000566. The molecule has 0 N–H and O–H groups in total. The van der Waals surface area contributed by atoms with Crippen LogP contribution in [0, 0.1) is 0 Å². The van der Waals surface area contributed by atoms with Crippen LogP contribution in [0.5, 0.6) is 0 Å². The summed E-state index contributed by atoms with van der Waals surface area (Å²) in [5.41, 5.74) is 11.6. The molecule has 0 atom stereocenters. The third-order valence-electron chi connectivity index (χ3n) is 11.0. The molecule has 0 aliphatic rings. The van der Waals surface area contributed by atoms with Gasteiger partial charge in [0.2, 0.25) is 0 Å². The highest BCUT2D eigenvalue weighted by Gasteiger charge is 2.16. The lowest BCUT2D eigenvalue weighted by atomic mass is 9.87. The van der Waals surface area contributed by atoms with Crippen LogP contribution in [0.4, 0.5) is 0 Å². The fourth-order valence-electron chi connectivity index (χ4n) is 8.41. The molecule has 11 rings (SSSR count). The number of hydrogen-bond donors (Lipinski definition) is 0. The molecule has 0 aliphatic heterocycles. The molecule has 59 heavy (non-hydrogen) atoms. The summed E-state index contributed by atoms with van der Waals surface area (Å²) in [4.78, 5) is 0. The van der Waals surface area contributed by atoms with E-state index in [-0.39, 0.29) is 0 Å². The van der Waals surface area contributed by atoms with Crippen LogP contribution in [0.15, 0.2) is 212 Å². The molecule has 1 nitrogen and oxygen atoms in total. The first-order valence-electron chi connectivity index (χ1n) is 20.7. The van der Waals surface area contributed by atoms with Gasteiger partial charge in [-0.15, -0.1) is 0 Å². The molecule has 0 fully saturated rings. The van der Waals surface area contributed by atoms with E-state index >= 15 is 0 Å². The first kappa shape index (κ1) is 38.6. The fourth-order valence-corrected chi connectivity index (χ4v) is 8.41. The minimum absolute atomic E-state index is 0.923. The van der Waals surface area contributed by atoms with Gasteiger partial charge in [0.1, 0.15) is 11.2 Å². The molecule has 1 heterocycles. The molecule has 1 heteroatoms. The lowest BCUT2D eigenvalue weighted by molar-refractivity contribution is 0.670. The van der Waals surface area contributed by atoms with Crippen molar-refractivity contribution in [2.24, 2.45) is 0 Å². The zero-order valence-electron chi connectivity index (χ0n) is 34.3. The van der Waals surface area contributed by atoms with Crippen LogP contribution in [0.2, 0.25) is 0 Å². The Morgan fingerprint density at radius 1 is 0.322 bits per heavy atom. The van der Waals surface area contributed by atoms with Crippen LogP contribution in [-0.2, 0) is 0 Å². The molecule has 0 aliphatic carbocycles. The Morgan fingerprint density at radius 3 is 1.29 bits per heavy atom. The third-order valence-corrected chi connectivity index (χ3v) is 11.0. The van der Waals surface area contributed by atoms with Gasteiger partial charge in [0.25, 0.3) is 0 Å². The topological polar surface area (TPSA) is 13.1 Å². The number of benzene rings is 10. The average Bonchev–Trinajstić information content (AvgIpc) is 3.71. The zero-order chi connectivity index (χ0) is 40.9. The van der Waals surface area contributed by atoms with Crippen molar-refractivity contribution in [1.29, 1.82) is 0 Å². The van der Waals surface area contributed by atoms with Gasteiger partial charge in [-0.3, -0.25) is 0 Å². The second-order valence-corrected chi connectivity index (χ2v) is 14.1. The summed E-state index contributed by atoms with van der Waals surface area (Å²) in [6.45, 7) is 14.7. The molecule has 0 radical (unpaired) electrons. The Kier molecular flexibility index (Phi) is 11.2. The molecular formula is C58H48O. The monoisotopic (exact) mass is 760 g/mol. The molecule has 0 saturated carbocycles. The van der Waals surface area contributed by atoms with E-state index < -0.39 is 0 Å². The van der Waals surface area contributed by atoms with E-state index in [1.54, 1.807) is 12.2 Å². The fraction of sp³-hybridized carbons (Fsp3) is 0.0690. The maximum absolute atomic E-state index is 6.36. The van der Waals surface area contributed by atoms with E-state index in [4.69, 9.17) is 4.42 Å². The van der Waals surface area contributed by atoms with Crippen molar-refractivity contribution in [2.75, 3.05) is 0 Å². The average molecular weight is 761 g/mol. The Hall–Kier alpha value is -7.22. The summed E-state index contributed by atoms with van der Waals surface area (Å²) >= 11 is 0. The van der Waals surface area contributed by atoms with Gasteiger partial charge in [0, 0.05) is 16.3 Å². The molecule has 0 amide bonds. The Labute approximate surface area is 347 Å². The molecule has 286 valence electrons. The van der Waals surface area contributed by atoms with Crippen molar-refractivity contribution >= 4 is 65.0 Å². The summed E-state index contributed by atoms with van der Waals surface area (Å²) < 4.78 is 6.36. The van der Waals surface area contributed by atoms with Crippen LogP contribution in [0.1, 0.15) is 27.7 Å². The van der Waals surface area contributed by atoms with Crippen molar-refractivity contribution in [3.8, 4) is 44.5 Å². The van der Waals surface area contributed by atoms with Gasteiger partial charge in [0.05, 0.1) is 0 Å². The molecule has 1 aromatic heterocycles. The van der Waals surface area contributed by atoms with Crippen molar-refractivity contribution in [3.05, 3.63) is 207 Å². The smallest absolute Gasteiger partial charge is 0.143 e. The number of furan rings is 1. The summed E-state index contributed by atoms with van der Waals surface area (Å²) in [7, 11) is 0. The second-order valence-electron chi connectivity index (χ2n) is 14.1. The van der Waals surface area contributed by atoms with E-state index in [0.717, 1.165) is 33.1 Å². The summed E-state index contributed by atoms with van der Waals surface area (Å²) in [5.74, 6) is 0. The molecule has 0 bridgehead atoms. The third kappa shape index (κ3) is 6.96. The predicted octanol–water partition coefficient (Wildman–Crippen LogP) is 17.7. The van der Waals surface area contributed by atoms with Crippen molar-refractivity contribution in [2.45, 2.75) is 27.7 Å². The van der Waals surface area contributed by atoms with Crippen LogP contribution in [-0.4, -0.2) is 0 Å². The number of allylic oxidation sites excluding steroid dienone is 2. The number of hydrogen-bond acceptors (Lipinski definition) is 1. The van der Waals surface area contributed by atoms with Crippen molar-refractivity contribution < 1.29 is 4.42 Å². The largest absolute Gasteiger partial charge is 0.455 e. The van der Waals surface area contributed by atoms with E-state index in [2.05, 4.69) is 183 Å². The lowest BCUT2D eigenvalue weighted by Gasteiger charge is -2.17. The standard InChI is InChI=1S/C50H30O.C4H6.2C2H6/c1-2-9-38-31(7-1)8-5-11-39(38)32-15-17-33(18-16-32)40-27-23-36-26-30-45-41(28-24-37-25-29-44(40)48(36)49(37)45)34-19-21-35(22-20-34)42-12-6-13-46-43-10-3-4-14-47(43)51-50(42)46;1-3-4-2;2*1-2/h1-30H;3-4H,1-2H2;2*1-2H3. The highest BCUT2D eigenvalue weighted by atomic mass is 16.3. The van der Waals surface area contributed by atoms with Crippen molar-refractivity contribution in [3.63, 3.8) is 0 Å². The zero-order valence-corrected chi connectivity index (χ0v) is 34.3. The molecule has 0 saturated heterocycles. The quantitative estimate of drug-likeness (QED) is 0.126. The van der Waals surface area contributed by atoms with E-state index in [9.17, 15) is 0 Å². The Bertz CT molecular complexity index is 3200. The van der Waals surface area contributed by atoms with Crippen LogP contribution in [0.25, 0.3) is 110 Å². The summed E-state index contributed by atoms with van der Waals surface area (Å²) in [5, 5.41) is 12.6. The maximum atomic E-state index is 6.36. The minimum Gasteiger partial charge on any atom is -0.455 e. The van der Waals surface area contributed by atoms with E-state index in [1.165, 1.54) is 76.5 Å². The van der Waals surface area contributed by atoms with Gasteiger partial charge in [-0.05, 0) is 88.1 Å². The van der Waals surface area contributed by atoms with Crippen LogP contribution in [0.3, 0.4) is 0 Å². The van der Waals surface area contributed by atoms with Gasteiger partial charge in [0.15, 0.2) is 0 Å². The molecule has 11 aromatic rings. The predicted molar refractivity (Wildman–Crippen MR) is 260 cm³/mol. The summed E-state index contributed by atoms with van der Waals surface area (Å²) in [6.07, 6.45) is 3.28. The molecule has 0 unspecified atom stereocenters. The summed E-state index contributed by atoms with van der Waals surface area (Å²) in [6, 6.07) is 66.3. The number of para-hydroxylation sites is 2. The first-order chi connectivity index (χ1) is 29.2. The van der Waals surface area contributed by atoms with Crippen molar-refractivity contribution in [1.82, 2.24) is 0 Å². The maximum Gasteiger partial charge on any atom is 0.143 e. The van der Waals surface area contributed by atoms with Gasteiger partial charge in [-0.2, -0.15) is 0 Å². The number of rotatable bonds is 5. The highest BCUT2D eigenvalue weighted by molar-refractivity contribution is 6.27. The van der Waals surface area contributed by atoms with Gasteiger partial charge in [-0.25, -0.2) is 0 Å². The molecule has 10 aromatic carbocycles. The van der Waals surface area contributed by atoms with Gasteiger partial charge < -0.3 is 4.42 Å². The Morgan fingerprint density at radius 2 is 0.729 bits per heavy atom. The van der Waals surface area contributed by atoms with Crippen LogP contribution >= 0.6 is 0 Å². The van der Waals surface area contributed by atoms with E-state index in [0.29, 0.717) is 0 Å². The van der Waals surface area contributed by atoms with Gasteiger partial charge >= 0.3 is 0 Å². The SMILES string of the molecule is C=CC=C.CC.CC.c1ccc2c(-c3ccc(-c4ccc5ccc6c(-c7ccc(-c8cccc9c8oc8ccccc89)cc7)ccc7ccc4c5c76)cc3)cccc2c1. The minimum atomic E-state index is 0.923. The van der Waals surface area contributed by atoms with Gasteiger partial charge in [-0.1, -0.05) is 229 Å². The van der Waals surface area contributed by atoms with Crippen LogP contribution < -0.4 is 0 Å². The number of fused-ring (bicyclic) bond motifs is 4.